The predicted molar refractivity (Wildman–Crippen MR) is 104 cm³/mol. The Balaban J connectivity index is 1.17. The summed E-state index contributed by atoms with van der Waals surface area (Å²) in [7, 11) is 0. The van der Waals surface area contributed by atoms with Gasteiger partial charge in [0, 0.05) is 11.3 Å². The van der Waals surface area contributed by atoms with Gasteiger partial charge in [0.05, 0.1) is 19.3 Å². The second kappa shape index (κ2) is 7.85. The van der Waals surface area contributed by atoms with E-state index in [0.29, 0.717) is 22.7 Å². The van der Waals surface area contributed by atoms with Crippen molar-refractivity contribution in [3.05, 3.63) is 54.1 Å². The van der Waals surface area contributed by atoms with Crippen LogP contribution < -0.4 is 20.1 Å². The lowest BCUT2D eigenvalue weighted by molar-refractivity contribution is 0.00862. The van der Waals surface area contributed by atoms with Gasteiger partial charge in [0.2, 0.25) is 6.79 Å². The van der Waals surface area contributed by atoms with Crippen molar-refractivity contribution in [2.24, 2.45) is 0 Å². The number of hydrogen-bond donors (Lipinski definition) is 2. The Morgan fingerprint density at radius 1 is 0.933 bits per heavy atom. The molecular weight excluding hydrogens is 392 g/mol. The van der Waals surface area contributed by atoms with Crippen molar-refractivity contribution in [3.63, 3.8) is 0 Å². The number of ether oxygens (including phenoxy) is 5. The molecule has 2 amide bonds. The third-order valence-electron chi connectivity index (χ3n) is 5.24. The molecule has 2 aromatic rings. The van der Waals surface area contributed by atoms with Crippen LogP contribution in [0.1, 0.15) is 10.4 Å². The average Bonchev–Trinajstić information content (AvgIpc) is 3.47. The molecule has 2 N–H and O–H groups in total. The minimum Gasteiger partial charge on any atom is -0.454 e. The molecule has 3 aliphatic rings. The maximum Gasteiger partial charge on any atom is 0.412 e. The van der Waals surface area contributed by atoms with Gasteiger partial charge >= 0.3 is 6.09 Å². The molecule has 3 heterocycles. The predicted octanol–water partition coefficient (Wildman–Crippen LogP) is 1.93. The van der Waals surface area contributed by atoms with Crippen LogP contribution in [0.15, 0.2) is 48.5 Å². The highest BCUT2D eigenvalue weighted by Gasteiger charge is 2.50. The fraction of sp³-hybridized carbons (Fsp3) is 0.333. The Morgan fingerprint density at radius 3 is 2.60 bits per heavy atom. The third kappa shape index (κ3) is 3.64. The molecule has 0 saturated carbocycles. The molecule has 0 aliphatic carbocycles. The number of hydrogen-bond acceptors (Lipinski definition) is 7. The highest BCUT2D eigenvalue weighted by molar-refractivity contribution is 5.95. The second-order valence-corrected chi connectivity index (χ2v) is 7.18. The number of fused-ring (bicyclic) bond motifs is 2. The number of para-hydroxylation sites is 1. The Morgan fingerprint density at radius 2 is 1.73 bits per heavy atom. The van der Waals surface area contributed by atoms with Gasteiger partial charge in [-0.05, 0) is 30.3 Å². The molecule has 2 fully saturated rings. The van der Waals surface area contributed by atoms with Crippen molar-refractivity contribution in [3.8, 4) is 11.5 Å². The van der Waals surface area contributed by atoms with Crippen LogP contribution in [0.4, 0.5) is 10.5 Å². The van der Waals surface area contributed by atoms with Crippen molar-refractivity contribution in [1.29, 1.82) is 0 Å². The zero-order valence-corrected chi connectivity index (χ0v) is 15.9. The van der Waals surface area contributed by atoms with Gasteiger partial charge in [0.15, 0.2) is 17.6 Å². The summed E-state index contributed by atoms with van der Waals surface area (Å²) in [5, 5.41) is 5.60. The van der Waals surface area contributed by atoms with Crippen LogP contribution in [0.2, 0.25) is 0 Å². The second-order valence-electron chi connectivity index (χ2n) is 7.18. The van der Waals surface area contributed by atoms with Gasteiger partial charge in [-0.2, -0.15) is 0 Å². The molecule has 0 spiro atoms. The molecule has 4 atom stereocenters. The van der Waals surface area contributed by atoms with Gasteiger partial charge in [0.25, 0.3) is 5.91 Å². The molecule has 0 radical (unpaired) electrons. The van der Waals surface area contributed by atoms with E-state index in [1.54, 1.807) is 30.3 Å². The number of benzene rings is 2. The van der Waals surface area contributed by atoms with Crippen LogP contribution in [0.5, 0.6) is 11.5 Å². The van der Waals surface area contributed by atoms with E-state index >= 15 is 0 Å². The number of nitrogens with one attached hydrogen (secondary N) is 2. The van der Waals surface area contributed by atoms with Crippen LogP contribution in [-0.2, 0) is 14.2 Å². The minimum absolute atomic E-state index is 0.147. The van der Waals surface area contributed by atoms with Gasteiger partial charge in [-0.1, -0.05) is 18.2 Å². The zero-order chi connectivity index (χ0) is 20.5. The summed E-state index contributed by atoms with van der Waals surface area (Å²) >= 11 is 0. The fourth-order valence-electron chi connectivity index (χ4n) is 3.78. The topological polar surface area (TPSA) is 104 Å². The van der Waals surface area contributed by atoms with E-state index in [1.807, 2.05) is 18.2 Å². The standard InChI is InChI=1S/C21H20N2O7/c24-20(12-6-7-15-16(8-12)29-11-28-15)23-14-9-26-19-17(10-27-18(14)19)30-21(25)22-13-4-2-1-3-5-13/h1-8,14,17-19H,9-11H2,(H,22,25)(H,23,24). The number of carbonyl (C=O) groups excluding carboxylic acids is 2. The quantitative estimate of drug-likeness (QED) is 0.791. The van der Waals surface area contributed by atoms with Gasteiger partial charge in [-0.25, -0.2) is 4.79 Å². The maximum atomic E-state index is 12.6. The molecule has 4 unspecified atom stereocenters. The van der Waals surface area contributed by atoms with Crippen LogP contribution in [0, 0.1) is 0 Å². The van der Waals surface area contributed by atoms with E-state index in [4.69, 9.17) is 23.7 Å². The van der Waals surface area contributed by atoms with E-state index in [0.717, 1.165) is 0 Å². The Bertz CT molecular complexity index is 952. The van der Waals surface area contributed by atoms with Gasteiger partial charge in [-0.15, -0.1) is 0 Å². The average molecular weight is 412 g/mol. The first-order valence-electron chi connectivity index (χ1n) is 9.64. The first-order valence-corrected chi connectivity index (χ1v) is 9.64. The van der Waals surface area contributed by atoms with E-state index < -0.39 is 24.4 Å². The fourth-order valence-corrected chi connectivity index (χ4v) is 3.78. The summed E-state index contributed by atoms with van der Waals surface area (Å²) in [4.78, 5) is 24.8. The third-order valence-corrected chi connectivity index (χ3v) is 5.24. The summed E-state index contributed by atoms with van der Waals surface area (Å²) in [6.45, 7) is 0.618. The lowest BCUT2D eigenvalue weighted by Crippen LogP contribution is -2.44. The molecule has 2 saturated heterocycles. The van der Waals surface area contributed by atoms with E-state index in [-0.39, 0.29) is 32.0 Å². The normalized spacial score (nSPS) is 26.1. The molecule has 156 valence electrons. The molecule has 2 aromatic carbocycles. The van der Waals surface area contributed by atoms with Gasteiger partial charge in [0.1, 0.15) is 12.2 Å². The van der Waals surface area contributed by atoms with Gasteiger partial charge in [-0.3, -0.25) is 10.1 Å². The zero-order valence-electron chi connectivity index (χ0n) is 15.9. The molecule has 30 heavy (non-hydrogen) atoms. The van der Waals surface area contributed by atoms with Crippen molar-refractivity contribution < 1.29 is 33.3 Å². The van der Waals surface area contributed by atoms with Crippen molar-refractivity contribution in [2.75, 3.05) is 25.3 Å². The van der Waals surface area contributed by atoms with E-state index in [1.165, 1.54) is 0 Å². The smallest absolute Gasteiger partial charge is 0.412 e. The van der Waals surface area contributed by atoms with E-state index in [9.17, 15) is 9.59 Å². The Kier molecular flexibility index (Phi) is 4.89. The number of rotatable bonds is 4. The summed E-state index contributed by atoms with van der Waals surface area (Å²) in [5.74, 6) is 0.888. The van der Waals surface area contributed by atoms with Crippen LogP contribution in [0.25, 0.3) is 0 Å². The lowest BCUT2D eigenvalue weighted by atomic mass is 10.1. The maximum absolute atomic E-state index is 12.6. The SMILES string of the molecule is O=C(Nc1ccccc1)OC1COC2C(NC(=O)c3ccc4c(c3)OCO4)COC12. The Labute approximate surface area is 172 Å². The van der Waals surface area contributed by atoms with Gasteiger partial charge < -0.3 is 29.0 Å². The Hall–Kier alpha value is -3.30. The lowest BCUT2D eigenvalue weighted by Gasteiger charge is -2.18. The van der Waals surface area contributed by atoms with Crippen LogP contribution >= 0.6 is 0 Å². The highest BCUT2D eigenvalue weighted by atomic mass is 16.7. The number of anilines is 1. The summed E-state index contributed by atoms with van der Waals surface area (Å²) in [6.07, 6.45) is -1.95. The van der Waals surface area contributed by atoms with E-state index in [2.05, 4.69) is 10.6 Å². The van der Waals surface area contributed by atoms with Crippen LogP contribution in [-0.4, -0.2) is 56.4 Å². The largest absolute Gasteiger partial charge is 0.454 e. The molecule has 5 rings (SSSR count). The number of amides is 2. The van der Waals surface area contributed by atoms with Crippen molar-refractivity contribution >= 4 is 17.7 Å². The summed E-state index contributed by atoms with van der Waals surface area (Å²) < 4.78 is 27.6. The molecule has 3 aliphatic heterocycles. The molecular formula is C21H20N2O7. The first-order chi connectivity index (χ1) is 14.7. The van der Waals surface area contributed by atoms with Crippen molar-refractivity contribution in [1.82, 2.24) is 5.32 Å². The molecule has 0 bridgehead atoms. The highest BCUT2D eigenvalue weighted by Crippen LogP contribution is 2.33. The first kappa shape index (κ1) is 18.7. The summed E-state index contributed by atoms with van der Waals surface area (Å²) in [6, 6.07) is 13.7. The summed E-state index contributed by atoms with van der Waals surface area (Å²) in [5.41, 5.74) is 1.09. The minimum atomic E-state index is -0.577. The van der Waals surface area contributed by atoms with Crippen LogP contribution in [0.3, 0.4) is 0 Å². The molecule has 9 heteroatoms. The monoisotopic (exact) mass is 412 g/mol. The molecule has 0 aromatic heterocycles. The molecule has 9 nitrogen and oxygen atoms in total. The van der Waals surface area contributed by atoms with Crippen molar-refractivity contribution in [2.45, 2.75) is 24.4 Å². The number of carbonyl (C=O) groups is 2.